The molecule has 4 aliphatic heterocycles. The summed E-state index contributed by atoms with van der Waals surface area (Å²) in [7, 11) is 0. The highest BCUT2D eigenvalue weighted by Crippen LogP contribution is 2.49. The Morgan fingerprint density at radius 3 is 2.75 bits per heavy atom. The van der Waals surface area contributed by atoms with Gasteiger partial charge in [0.15, 0.2) is 22.8 Å². The lowest BCUT2D eigenvalue weighted by Gasteiger charge is -2.55. The smallest absolute Gasteiger partial charge is 0.416 e. The van der Waals surface area contributed by atoms with Crippen LogP contribution < -0.4 is 20.4 Å². The molecule has 2 N–H and O–H groups in total. The molecule has 1 unspecified atom stereocenters. The van der Waals surface area contributed by atoms with Crippen molar-refractivity contribution in [3.8, 4) is 0 Å². The summed E-state index contributed by atoms with van der Waals surface area (Å²) in [5.41, 5.74) is -2.05. The summed E-state index contributed by atoms with van der Waals surface area (Å²) in [6.45, 7) is 5.46. The molecule has 2 aromatic rings. The number of ether oxygens (including phenoxy) is 2. The summed E-state index contributed by atoms with van der Waals surface area (Å²) >= 11 is 0. The van der Waals surface area contributed by atoms with Crippen LogP contribution in [0.4, 0.5) is 25.5 Å². The molecule has 1 aromatic carbocycles. The number of anilines is 2. The van der Waals surface area contributed by atoms with E-state index in [1.807, 2.05) is 13.8 Å². The van der Waals surface area contributed by atoms with Crippen molar-refractivity contribution >= 4 is 46.3 Å². The van der Waals surface area contributed by atoms with Crippen molar-refractivity contribution in [1.82, 2.24) is 15.8 Å². The van der Waals surface area contributed by atoms with E-state index >= 15 is 4.39 Å². The number of carbonyl (C=O) groups excluding carboxylic acids is 4. The number of nitrogens with one attached hydrogen (secondary N) is 2. The number of rotatable bonds is 2. The first-order valence-electron chi connectivity index (χ1n) is 11.8. The van der Waals surface area contributed by atoms with Crippen LogP contribution >= 0.6 is 0 Å². The summed E-state index contributed by atoms with van der Waals surface area (Å²) in [6, 6.07) is -0.528. The molecule has 4 aliphatic rings. The zero-order chi connectivity index (χ0) is 25.5. The molecule has 1 aromatic heterocycles. The van der Waals surface area contributed by atoms with Gasteiger partial charge < -0.3 is 24.2 Å². The Balaban J connectivity index is 1.59. The Labute approximate surface area is 204 Å². The van der Waals surface area contributed by atoms with Crippen LogP contribution in [-0.4, -0.2) is 73.0 Å². The number of aromatic nitrogens is 1. The van der Waals surface area contributed by atoms with Crippen LogP contribution in [0.3, 0.4) is 0 Å². The van der Waals surface area contributed by atoms with E-state index in [0.29, 0.717) is 6.42 Å². The minimum absolute atomic E-state index is 0.0198. The first-order chi connectivity index (χ1) is 17.2. The highest BCUT2D eigenvalue weighted by molar-refractivity contribution is 6.23. The normalized spacial score (nSPS) is 31.9. The molecule has 0 bridgehead atoms. The molecule has 5 atom stereocenters. The summed E-state index contributed by atoms with van der Waals surface area (Å²) in [5.74, 6) is -2.22. The largest absolute Gasteiger partial charge is 0.447 e. The number of amides is 4. The number of carbonyl (C=O) groups is 4. The molecule has 12 nitrogen and oxygen atoms in total. The molecule has 1 spiro atoms. The van der Waals surface area contributed by atoms with Gasteiger partial charge in [0.2, 0.25) is 11.5 Å². The van der Waals surface area contributed by atoms with E-state index in [9.17, 15) is 19.2 Å². The molecule has 6 rings (SSSR count). The second-order valence-electron chi connectivity index (χ2n) is 9.66. The number of morpholine rings is 1. The minimum Gasteiger partial charge on any atom is -0.447 e. The maximum atomic E-state index is 16.2. The number of hydrogen-bond donors (Lipinski definition) is 2. The van der Waals surface area contributed by atoms with Gasteiger partial charge in [0.25, 0.3) is 0 Å². The third-order valence-electron chi connectivity index (χ3n) is 7.60. The summed E-state index contributed by atoms with van der Waals surface area (Å²) in [6.07, 6.45) is -1.07. The molecule has 36 heavy (non-hydrogen) atoms. The molecule has 0 aliphatic carbocycles. The number of ketones is 1. The second-order valence-corrected chi connectivity index (χ2v) is 9.66. The van der Waals surface area contributed by atoms with Crippen LogP contribution in [-0.2, 0) is 14.3 Å². The number of cyclic esters (lactones) is 1. The zero-order valence-electron chi connectivity index (χ0n) is 19.8. The second kappa shape index (κ2) is 7.63. The molecule has 0 radical (unpaired) electrons. The first kappa shape index (κ1) is 22.7. The van der Waals surface area contributed by atoms with Gasteiger partial charge in [0, 0.05) is 18.7 Å². The van der Waals surface area contributed by atoms with Crippen LogP contribution in [0.15, 0.2) is 10.6 Å². The standard InChI is InChI=1S/C23H24FN5O7/c1-4-11-7-34-22(33)29(11)19-13-5-12-15(14(24)16(13)36-27-19)28-6-9(2)35-10(3)17(28)23(18(12)30)8-25-21(32)26-20(23)31/h5,9-11,17H,4,6-8H2,1-3H3,(H2,25,26,31,32)/t9-,10+,11-,17-,23?/m0/s1. The quantitative estimate of drug-likeness (QED) is 0.588. The molecule has 3 saturated heterocycles. The van der Waals surface area contributed by atoms with E-state index in [1.54, 1.807) is 11.8 Å². The molecule has 0 saturated carbocycles. The van der Waals surface area contributed by atoms with Crippen molar-refractivity contribution in [3.05, 3.63) is 17.4 Å². The fraction of sp³-hybridized carbons (Fsp3) is 0.522. The fourth-order valence-electron chi connectivity index (χ4n) is 6.04. The fourth-order valence-corrected chi connectivity index (χ4v) is 6.04. The molecule has 13 heteroatoms. The lowest BCUT2D eigenvalue weighted by molar-refractivity contribution is -0.134. The van der Waals surface area contributed by atoms with E-state index in [-0.39, 0.29) is 59.9 Å². The molecular weight excluding hydrogens is 477 g/mol. The van der Waals surface area contributed by atoms with Gasteiger partial charge in [-0.1, -0.05) is 12.1 Å². The van der Waals surface area contributed by atoms with E-state index < -0.39 is 47.2 Å². The van der Waals surface area contributed by atoms with Gasteiger partial charge in [-0.25, -0.2) is 14.0 Å². The highest BCUT2D eigenvalue weighted by atomic mass is 19.1. The Hall–Kier alpha value is -3.74. The Morgan fingerprint density at radius 2 is 2.03 bits per heavy atom. The van der Waals surface area contributed by atoms with Crippen LogP contribution in [0.2, 0.25) is 0 Å². The lowest BCUT2D eigenvalue weighted by Crippen LogP contribution is -2.75. The van der Waals surface area contributed by atoms with Gasteiger partial charge in [0.1, 0.15) is 6.61 Å². The first-order valence-corrected chi connectivity index (χ1v) is 11.8. The van der Waals surface area contributed by atoms with Crippen molar-refractivity contribution in [2.45, 2.75) is 51.5 Å². The summed E-state index contributed by atoms with van der Waals surface area (Å²) in [5, 5.41) is 8.83. The number of urea groups is 1. The maximum absolute atomic E-state index is 16.2. The van der Waals surface area contributed by atoms with Crippen molar-refractivity contribution in [2.75, 3.05) is 29.5 Å². The van der Waals surface area contributed by atoms with Crippen molar-refractivity contribution < 1.29 is 37.6 Å². The zero-order valence-corrected chi connectivity index (χ0v) is 19.8. The van der Waals surface area contributed by atoms with Gasteiger partial charge in [-0.3, -0.25) is 19.8 Å². The molecule has 3 fully saturated rings. The number of benzene rings is 1. The monoisotopic (exact) mass is 501 g/mol. The molecular formula is C23H24FN5O7. The molecule has 4 amide bonds. The summed E-state index contributed by atoms with van der Waals surface area (Å²) in [4.78, 5) is 54.7. The van der Waals surface area contributed by atoms with E-state index in [2.05, 4.69) is 15.8 Å². The van der Waals surface area contributed by atoms with Crippen LogP contribution in [0, 0.1) is 11.2 Å². The lowest BCUT2D eigenvalue weighted by atomic mass is 9.66. The van der Waals surface area contributed by atoms with Crippen molar-refractivity contribution in [2.24, 2.45) is 5.41 Å². The number of halogens is 1. The van der Waals surface area contributed by atoms with Gasteiger partial charge >= 0.3 is 12.1 Å². The van der Waals surface area contributed by atoms with E-state index in [0.717, 1.165) is 0 Å². The Kier molecular flexibility index (Phi) is 4.81. The SMILES string of the molecule is CC[C@H]1COC(=O)N1c1noc2c(F)c3c(cc12)C(=O)C1(CNC(=O)NC1=O)[C@@H]1[C@@H](C)O[C@@H](C)CN31. The number of hydrogen-bond acceptors (Lipinski definition) is 9. The van der Waals surface area contributed by atoms with Crippen molar-refractivity contribution in [1.29, 1.82) is 0 Å². The van der Waals surface area contributed by atoms with E-state index in [1.165, 1.54) is 11.0 Å². The molecule has 5 heterocycles. The number of Topliss-reactive ketones (excluding diaryl/α,β-unsaturated/α-hetero) is 1. The maximum Gasteiger partial charge on any atom is 0.416 e. The Bertz CT molecular complexity index is 1340. The molecule has 190 valence electrons. The van der Waals surface area contributed by atoms with E-state index in [4.69, 9.17) is 14.0 Å². The topological polar surface area (TPSA) is 143 Å². The van der Waals surface area contributed by atoms with Gasteiger partial charge in [-0.2, -0.15) is 0 Å². The number of imide groups is 1. The third-order valence-corrected chi connectivity index (χ3v) is 7.60. The average molecular weight is 501 g/mol. The minimum atomic E-state index is -1.75. The number of fused-ring (bicyclic) bond motifs is 5. The van der Waals surface area contributed by atoms with Gasteiger partial charge in [0.05, 0.1) is 35.4 Å². The van der Waals surface area contributed by atoms with Crippen LogP contribution in [0.25, 0.3) is 11.0 Å². The number of nitrogens with zero attached hydrogens (tertiary/aromatic N) is 3. The summed E-state index contributed by atoms with van der Waals surface area (Å²) < 4.78 is 32.6. The third kappa shape index (κ3) is 2.80. The predicted octanol–water partition coefficient (Wildman–Crippen LogP) is 1.71. The Morgan fingerprint density at radius 1 is 1.25 bits per heavy atom. The van der Waals surface area contributed by atoms with Crippen LogP contribution in [0.1, 0.15) is 37.6 Å². The van der Waals surface area contributed by atoms with Gasteiger partial charge in [-0.05, 0) is 26.3 Å². The average Bonchev–Trinajstić information content (AvgIpc) is 3.41. The highest BCUT2D eigenvalue weighted by Gasteiger charge is 2.63. The van der Waals surface area contributed by atoms with Gasteiger partial charge in [-0.15, -0.1) is 0 Å². The predicted molar refractivity (Wildman–Crippen MR) is 121 cm³/mol. The van der Waals surface area contributed by atoms with Crippen LogP contribution in [0.5, 0.6) is 0 Å². The van der Waals surface area contributed by atoms with Crippen molar-refractivity contribution in [3.63, 3.8) is 0 Å².